The largest absolute Gasteiger partial charge is 0.422 e. The fraction of sp³-hybridized carbons (Fsp3) is 0.957. The zero-order valence-electron chi connectivity index (χ0n) is 22.0. The molecule has 3 nitrogen and oxygen atoms in total. The molecule has 1 aliphatic rings. The molecular weight excluding hydrogens is 437 g/mol. The summed E-state index contributed by atoms with van der Waals surface area (Å²) in [6.45, 7) is 25.2. The maximum absolute atomic E-state index is 13.1. The number of Topliss-reactive ketones (excluding diaryl/α,β-unsaturated/α-hetero) is 1. The van der Waals surface area contributed by atoms with Crippen molar-refractivity contribution in [3.8, 4) is 0 Å². The Balaban J connectivity index is 3.08. The van der Waals surface area contributed by atoms with Crippen LogP contribution >= 0.6 is 0 Å². The van der Waals surface area contributed by atoms with E-state index in [9.17, 15) is 9.90 Å². The van der Waals surface area contributed by atoms with Gasteiger partial charge in [-0.05, 0) is 24.7 Å². The summed E-state index contributed by atoms with van der Waals surface area (Å²) in [5.74, 6) is 0.855. The maximum atomic E-state index is 13.1. The van der Waals surface area contributed by atoms with Gasteiger partial charge in [-0.25, -0.2) is 0 Å². The fourth-order valence-corrected chi connectivity index (χ4v) is 101. The number of aliphatic hydroxyl groups is 1. The second-order valence-electron chi connectivity index (χ2n) is 13.2. The van der Waals surface area contributed by atoms with E-state index >= 15 is 0 Å². The van der Waals surface area contributed by atoms with Gasteiger partial charge in [-0.15, -0.1) is 0 Å². The molecule has 1 N–H and O–H groups in total. The van der Waals surface area contributed by atoms with Crippen LogP contribution in [-0.4, -0.2) is 52.7 Å². The topological polar surface area (TPSA) is 46.5 Å². The number of hydrogen-bond acceptors (Lipinski definition) is 3. The highest BCUT2D eigenvalue weighted by molar-refractivity contribution is 7.87. The highest BCUT2D eigenvalue weighted by Gasteiger charge is 2.64. The minimum Gasteiger partial charge on any atom is -0.422 e. The molecule has 1 aliphatic carbocycles. The Labute approximate surface area is 191 Å². The van der Waals surface area contributed by atoms with E-state index in [0.717, 1.165) is 12.8 Å². The highest BCUT2D eigenvalue weighted by atomic mass is 29.9. The van der Waals surface area contributed by atoms with Crippen LogP contribution in [0, 0.1) is 11.8 Å². The Kier molecular flexibility index (Phi) is 10.1. The molecule has 0 radical (unpaired) electrons. The molecule has 7 heteroatoms. The van der Waals surface area contributed by atoms with E-state index in [1.807, 2.05) is 0 Å². The van der Waals surface area contributed by atoms with Crippen molar-refractivity contribution in [2.45, 2.75) is 130 Å². The number of ketones is 1. The van der Waals surface area contributed by atoms with Crippen molar-refractivity contribution >= 4 is 35.4 Å². The van der Waals surface area contributed by atoms with Crippen LogP contribution in [0.1, 0.15) is 58.8 Å². The van der Waals surface area contributed by atoms with Crippen LogP contribution < -0.4 is 0 Å². The zero-order valence-corrected chi connectivity index (χ0v) is 26.0. The number of carbonyl (C=O) groups excluding carboxylic acids is 1. The average molecular weight is 489 g/mol. The lowest BCUT2D eigenvalue weighted by Crippen LogP contribution is -2.85. The lowest BCUT2D eigenvalue weighted by atomic mass is 9.83. The summed E-state index contributed by atoms with van der Waals surface area (Å²) < 4.78 is 7.41. The lowest BCUT2D eigenvalue weighted by Gasteiger charge is -2.57. The summed E-state index contributed by atoms with van der Waals surface area (Å²) in [6.07, 6.45) is 6.18. The van der Waals surface area contributed by atoms with E-state index in [0.29, 0.717) is 24.7 Å². The van der Waals surface area contributed by atoms with E-state index in [4.69, 9.17) is 4.43 Å². The maximum Gasteiger partial charge on any atom is 0.158 e. The van der Waals surface area contributed by atoms with Crippen LogP contribution in [0.4, 0.5) is 0 Å². The Morgan fingerprint density at radius 3 is 1.63 bits per heavy atom. The first-order valence-electron chi connectivity index (χ1n) is 12.3. The van der Waals surface area contributed by atoms with E-state index in [1.165, 1.54) is 19.3 Å². The van der Waals surface area contributed by atoms with Gasteiger partial charge < -0.3 is 9.53 Å². The predicted octanol–water partition coefficient (Wildman–Crippen LogP) is 6.51. The van der Waals surface area contributed by atoms with Gasteiger partial charge in [0.05, 0.1) is 35.0 Å². The monoisotopic (exact) mass is 488 g/mol. The number of rotatable bonds is 11. The lowest BCUT2D eigenvalue weighted by molar-refractivity contribution is -0.124. The second-order valence-corrected chi connectivity index (χ2v) is 52.7. The molecule has 0 unspecified atom stereocenters. The van der Waals surface area contributed by atoms with Crippen molar-refractivity contribution in [3.05, 3.63) is 0 Å². The summed E-state index contributed by atoms with van der Waals surface area (Å²) in [5, 5.41) is 10.7. The smallest absolute Gasteiger partial charge is 0.158 e. The van der Waals surface area contributed by atoms with Crippen LogP contribution in [0.2, 0.25) is 58.9 Å². The van der Waals surface area contributed by atoms with Crippen molar-refractivity contribution < 1.29 is 14.3 Å². The quantitative estimate of drug-likeness (QED) is 0.337. The van der Waals surface area contributed by atoms with Gasteiger partial charge in [0.2, 0.25) is 0 Å². The first-order valence-corrected chi connectivity index (χ1v) is 27.7. The van der Waals surface area contributed by atoms with E-state index < -0.39 is 35.7 Å². The second kappa shape index (κ2) is 10.6. The van der Waals surface area contributed by atoms with Crippen molar-refractivity contribution in [1.29, 1.82) is 0 Å². The van der Waals surface area contributed by atoms with Crippen molar-refractivity contribution in [2.24, 2.45) is 11.8 Å². The van der Waals surface area contributed by atoms with Gasteiger partial charge in [-0.2, -0.15) is 0 Å². The summed E-state index contributed by atoms with van der Waals surface area (Å²) in [5.41, 5.74) is 0. The molecule has 2 atom stereocenters. The zero-order chi connectivity index (χ0) is 23.5. The first-order chi connectivity index (χ1) is 13.4. The van der Waals surface area contributed by atoms with Gasteiger partial charge in [0, 0.05) is 12.8 Å². The fourth-order valence-electron chi connectivity index (χ4n) is 6.77. The number of hydrogen-bond donors (Lipinski definition) is 1. The Hall–Kier alpha value is 0.458. The van der Waals surface area contributed by atoms with E-state index in [2.05, 4.69) is 72.8 Å². The van der Waals surface area contributed by atoms with Gasteiger partial charge in [0.1, 0.15) is 5.78 Å². The summed E-state index contributed by atoms with van der Waals surface area (Å²) in [4.78, 5) is 13.1. The van der Waals surface area contributed by atoms with Gasteiger partial charge in [0.25, 0.3) is 0 Å². The molecule has 1 rings (SSSR count). The molecule has 0 saturated heterocycles. The molecule has 0 heterocycles. The molecular formula is C23H52O3Si4. The summed E-state index contributed by atoms with van der Waals surface area (Å²) in [6, 6.07) is 0. The van der Waals surface area contributed by atoms with E-state index in [1.54, 1.807) is 0 Å². The Morgan fingerprint density at radius 1 is 0.833 bits per heavy atom. The molecule has 0 spiro atoms. The Morgan fingerprint density at radius 2 is 1.27 bits per heavy atom. The van der Waals surface area contributed by atoms with Gasteiger partial charge in [-0.3, -0.25) is 4.79 Å². The molecule has 0 aliphatic heterocycles. The SMILES string of the molecule is CC(C)[C@H](CC(=O)C[C@H](O)C1CCCCC1)O[Si]([Si](C)(C)C)([Si](C)(C)C)[Si](C)(C)C. The first kappa shape index (κ1) is 28.5. The number of aliphatic hydroxyl groups excluding tert-OH is 1. The highest BCUT2D eigenvalue weighted by Crippen LogP contribution is 2.40. The third kappa shape index (κ3) is 6.73. The molecule has 0 aromatic rings. The average Bonchev–Trinajstić information content (AvgIpc) is 2.55. The standard InChI is InChI=1S/C23H52O3Si4/c1-19(2)23(18-21(24)17-22(25)20-15-13-12-14-16-20)26-30(27(3,4)5,28(6,7)8)29(9,10)11/h19-20,22-23,25H,12-18H2,1-11H3/t22-,23-/m0/s1. The molecule has 0 bridgehead atoms. The van der Waals surface area contributed by atoms with Crippen molar-refractivity contribution in [2.75, 3.05) is 0 Å². The third-order valence-electron chi connectivity index (χ3n) is 7.30. The minimum absolute atomic E-state index is 0.00731. The molecule has 178 valence electrons. The molecule has 0 aromatic heterocycles. The normalized spacial score (nSPS) is 19.8. The van der Waals surface area contributed by atoms with Crippen LogP contribution in [0.3, 0.4) is 0 Å². The minimum atomic E-state index is -1.96. The summed E-state index contributed by atoms with van der Waals surface area (Å²) in [7, 11) is -4.64. The third-order valence-corrected chi connectivity index (χ3v) is 74.9. The van der Waals surface area contributed by atoms with E-state index in [-0.39, 0.29) is 11.9 Å². The molecule has 0 amide bonds. The molecule has 30 heavy (non-hydrogen) atoms. The van der Waals surface area contributed by atoms with Crippen LogP contribution in [-0.2, 0) is 9.22 Å². The van der Waals surface area contributed by atoms with Crippen LogP contribution in [0.5, 0.6) is 0 Å². The van der Waals surface area contributed by atoms with Crippen molar-refractivity contribution in [1.82, 2.24) is 0 Å². The Bertz CT molecular complexity index is 516. The predicted molar refractivity (Wildman–Crippen MR) is 142 cm³/mol. The van der Waals surface area contributed by atoms with Crippen LogP contribution in [0.15, 0.2) is 0 Å². The van der Waals surface area contributed by atoms with Crippen LogP contribution in [0.25, 0.3) is 0 Å². The number of carbonyl (C=O) groups is 1. The van der Waals surface area contributed by atoms with Gasteiger partial charge >= 0.3 is 0 Å². The molecule has 0 aromatic carbocycles. The van der Waals surface area contributed by atoms with Crippen molar-refractivity contribution in [3.63, 3.8) is 0 Å². The van der Waals surface area contributed by atoms with Gasteiger partial charge in [0.15, 0.2) is 6.87 Å². The molecule has 1 fully saturated rings. The molecule has 1 saturated carbocycles. The van der Waals surface area contributed by atoms with Gasteiger partial charge in [-0.1, -0.05) is 92.0 Å². The summed E-state index contributed by atoms with van der Waals surface area (Å²) >= 11 is 0.